The van der Waals surface area contributed by atoms with Gasteiger partial charge in [0, 0.05) is 25.1 Å². The largest absolute Gasteiger partial charge is 0.395 e. The van der Waals surface area contributed by atoms with Gasteiger partial charge in [-0.2, -0.15) is 10.1 Å². The van der Waals surface area contributed by atoms with Gasteiger partial charge in [-0.15, -0.1) is 0 Å². The Kier molecular flexibility index (Phi) is 5.05. The highest BCUT2D eigenvalue weighted by Gasteiger charge is 2.18. The molecule has 0 aliphatic carbocycles. The number of nitrogens with zero attached hydrogens (tertiary/aromatic N) is 5. The maximum atomic E-state index is 12.5. The Bertz CT molecular complexity index is 1090. The van der Waals surface area contributed by atoms with E-state index in [1.54, 1.807) is 6.21 Å². The molecule has 2 N–H and O–H groups in total. The number of rotatable bonds is 5. The summed E-state index contributed by atoms with van der Waals surface area (Å²) in [5, 5.41) is 13.5. The van der Waals surface area contributed by atoms with Gasteiger partial charge in [-0.05, 0) is 17.7 Å². The van der Waals surface area contributed by atoms with E-state index in [4.69, 9.17) is 0 Å². The Morgan fingerprint density at radius 2 is 1.92 bits per heavy atom. The molecule has 0 spiro atoms. The van der Waals surface area contributed by atoms with E-state index >= 15 is 0 Å². The van der Waals surface area contributed by atoms with E-state index in [1.165, 1.54) is 23.2 Å². The lowest BCUT2D eigenvalue weighted by Crippen LogP contribution is -2.37. The summed E-state index contributed by atoms with van der Waals surface area (Å²) >= 11 is 3.37. The highest BCUT2D eigenvalue weighted by molar-refractivity contribution is 9.10. The number of benzene rings is 1. The minimum Gasteiger partial charge on any atom is -0.395 e. The summed E-state index contributed by atoms with van der Waals surface area (Å²) < 4.78 is 4.76. The third-order valence-electron chi connectivity index (χ3n) is 3.92. The molecule has 0 bridgehead atoms. The van der Waals surface area contributed by atoms with Crippen LogP contribution in [0, 0.1) is 0 Å². The Labute approximate surface area is 156 Å². The SMILES string of the molecule is Cn1c(=O)c2c(nc(N/N=C\c3ccc(Br)cc3)n2CCO)n(C)c1=O. The van der Waals surface area contributed by atoms with E-state index in [0.717, 1.165) is 14.6 Å². The van der Waals surface area contributed by atoms with Crippen molar-refractivity contribution in [1.82, 2.24) is 18.7 Å². The third kappa shape index (κ3) is 3.20. The van der Waals surface area contributed by atoms with Crippen molar-refractivity contribution in [3.05, 3.63) is 55.1 Å². The first-order valence-electron chi connectivity index (χ1n) is 7.75. The smallest absolute Gasteiger partial charge is 0.332 e. The lowest BCUT2D eigenvalue weighted by atomic mass is 10.2. The molecule has 10 heteroatoms. The summed E-state index contributed by atoms with van der Waals surface area (Å²) in [6, 6.07) is 7.54. The van der Waals surface area contributed by atoms with E-state index < -0.39 is 11.2 Å². The number of aromatic nitrogens is 4. The van der Waals surface area contributed by atoms with Crippen molar-refractivity contribution in [2.24, 2.45) is 19.2 Å². The first kappa shape index (κ1) is 18.1. The molecular weight excluding hydrogens is 404 g/mol. The number of halogens is 1. The highest BCUT2D eigenvalue weighted by atomic mass is 79.9. The van der Waals surface area contributed by atoms with Crippen LogP contribution in [0.15, 0.2) is 43.4 Å². The Morgan fingerprint density at radius 3 is 2.58 bits per heavy atom. The monoisotopic (exact) mass is 420 g/mol. The molecule has 0 fully saturated rings. The van der Waals surface area contributed by atoms with Crippen molar-refractivity contribution in [2.75, 3.05) is 12.0 Å². The zero-order chi connectivity index (χ0) is 18.8. The number of hydrogen-bond acceptors (Lipinski definition) is 6. The van der Waals surface area contributed by atoms with Gasteiger partial charge in [0.05, 0.1) is 12.8 Å². The summed E-state index contributed by atoms with van der Waals surface area (Å²) in [7, 11) is 2.94. The number of aliphatic hydroxyl groups is 1. The first-order valence-corrected chi connectivity index (χ1v) is 8.55. The number of anilines is 1. The van der Waals surface area contributed by atoms with Crippen LogP contribution in [0.3, 0.4) is 0 Å². The second kappa shape index (κ2) is 7.26. The van der Waals surface area contributed by atoms with E-state index in [1.807, 2.05) is 24.3 Å². The minimum atomic E-state index is -0.478. The van der Waals surface area contributed by atoms with E-state index in [2.05, 4.69) is 31.4 Å². The zero-order valence-corrected chi connectivity index (χ0v) is 15.8. The van der Waals surface area contributed by atoms with Crippen molar-refractivity contribution >= 4 is 39.3 Å². The van der Waals surface area contributed by atoms with Gasteiger partial charge >= 0.3 is 5.69 Å². The van der Waals surface area contributed by atoms with E-state index in [9.17, 15) is 14.7 Å². The Morgan fingerprint density at radius 1 is 1.23 bits per heavy atom. The molecule has 0 amide bonds. The maximum absolute atomic E-state index is 12.5. The molecule has 2 heterocycles. The van der Waals surface area contributed by atoms with Crippen molar-refractivity contribution in [3.63, 3.8) is 0 Å². The average molecular weight is 421 g/mol. The maximum Gasteiger partial charge on any atom is 0.332 e. The van der Waals surface area contributed by atoms with E-state index in [0.29, 0.717) is 0 Å². The zero-order valence-electron chi connectivity index (χ0n) is 14.2. The van der Waals surface area contributed by atoms with E-state index in [-0.39, 0.29) is 30.3 Å². The van der Waals surface area contributed by atoms with Crippen LogP contribution in [0.25, 0.3) is 11.2 Å². The quantitative estimate of drug-likeness (QED) is 0.465. The van der Waals surface area contributed by atoms with Crippen LogP contribution < -0.4 is 16.7 Å². The van der Waals surface area contributed by atoms with Gasteiger partial charge in [0.15, 0.2) is 11.2 Å². The fourth-order valence-electron chi connectivity index (χ4n) is 2.56. The third-order valence-corrected chi connectivity index (χ3v) is 4.45. The lowest BCUT2D eigenvalue weighted by molar-refractivity contribution is 0.278. The average Bonchev–Trinajstić information content (AvgIpc) is 2.99. The van der Waals surface area contributed by atoms with Gasteiger partial charge < -0.3 is 9.67 Å². The van der Waals surface area contributed by atoms with Gasteiger partial charge in [-0.1, -0.05) is 28.1 Å². The molecule has 0 atom stereocenters. The Balaban J connectivity index is 2.05. The summed E-state index contributed by atoms with van der Waals surface area (Å²) in [4.78, 5) is 28.9. The molecule has 0 radical (unpaired) electrons. The summed E-state index contributed by atoms with van der Waals surface area (Å²) in [5.41, 5.74) is 3.16. The number of aryl methyl sites for hydroxylation is 1. The van der Waals surface area contributed by atoms with Crippen LogP contribution in [0.1, 0.15) is 5.56 Å². The fraction of sp³-hybridized carbons (Fsp3) is 0.250. The normalized spacial score (nSPS) is 11.5. The summed E-state index contributed by atoms with van der Waals surface area (Å²) in [6.07, 6.45) is 1.60. The first-order chi connectivity index (χ1) is 12.4. The molecule has 1 aromatic carbocycles. The molecule has 9 nitrogen and oxygen atoms in total. The molecule has 136 valence electrons. The Hall–Kier alpha value is -2.72. The molecule has 0 aliphatic rings. The second-order valence-electron chi connectivity index (χ2n) is 5.61. The van der Waals surface area contributed by atoms with Crippen molar-refractivity contribution < 1.29 is 5.11 Å². The van der Waals surface area contributed by atoms with Crippen LogP contribution in [0.5, 0.6) is 0 Å². The minimum absolute atomic E-state index is 0.139. The molecule has 3 rings (SSSR count). The van der Waals surface area contributed by atoms with Crippen LogP contribution in [0.2, 0.25) is 0 Å². The number of fused-ring (bicyclic) bond motifs is 1. The second-order valence-corrected chi connectivity index (χ2v) is 6.53. The lowest BCUT2D eigenvalue weighted by Gasteiger charge is -2.07. The van der Waals surface area contributed by atoms with Gasteiger partial charge in [0.25, 0.3) is 5.56 Å². The molecule has 26 heavy (non-hydrogen) atoms. The number of nitrogens with one attached hydrogen (secondary N) is 1. The fourth-order valence-corrected chi connectivity index (χ4v) is 2.83. The predicted molar refractivity (Wildman–Crippen MR) is 103 cm³/mol. The molecule has 0 saturated heterocycles. The molecule has 0 unspecified atom stereocenters. The number of imidazole rings is 1. The number of aliphatic hydroxyl groups excluding tert-OH is 1. The molecular formula is C16H17BrN6O3. The number of hydrazone groups is 1. The molecule has 0 saturated carbocycles. The van der Waals surface area contributed by atoms with Crippen LogP contribution >= 0.6 is 15.9 Å². The molecule has 0 aliphatic heterocycles. The van der Waals surface area contributed by atoms with Crippen molar-refractivity contribution in [2.45, 2.75) is 6.54 Å². The van der Waals surface area contributed by atoms with Gasteiger partial charge in [0.1, 0.15) is 0 Å². The number of hydrogen-bond donors (Lipinski definition) is 2. The highest BCUT2D eigenvalue weighted by Crippen LogP contribution is 2.15. The predicted octanol–water partition coefficient (Wildman–Crippen LogP) is 0.634. The van der Waals surface area contributed by atoms with Crippen molar-refractivity contribution in [3.8, 4) is 0 Å². The van der Waals surface area contributed by atoms with Gasteiger partial charge in [0.2, 0.25) is 5.95 Å². The van der Waals surface area contributed by atoms with Crippen LogP contribution in [-0.2, 0) is 20.6 Å². The summed E-state index contributed by atoms with van der Waals surface area (Å²) in [6.45, 7) is -0.0529. The standard InChI is InChI=1S/C16H17BrN6O3/c1-21-13-12(14(25)22(2)16(21)26)23(7-8-24)15(19-13)20-18-9-10-3-5-11(17)6-4-10/h3-6,9,24H,7-8H2,1-2H3,(H,19,20)/b18-9-. The molecule has 2 aromatic heterocycles. The summed E-state index contributed by atoms with van der Waals surface area (Å²) in [5.74, 6) is 0.265. The van der Waals surface area contributed by atoms with Crippen LogP contribution in [-0.4, -0.2) is 36.6 Å². The van der Waals surface area contributed by atoms with Gasteiger partial charge in [-0.25, -0.2) is 10.2 Å². The van der Waals surface area contributed by atoms with Crippen molar-refractivity contribution in [1.29, 1.82) is 0 Å². The molecule has 3 aromatic rings. The van der Waals surface area contributed by atoms with Crippen LogP contribution in [0.4, 0.5) is 5.95 Å². The van der Waals surface area contributed by atoms with Gasteiger partial charge in [-0.3, -0.25) is 13.9 Å². The topological polar surface area (TPSA) is 106 Å².